The molecule has 1 aromatic carbocycles. The number of ether oxygens (including phenoxy) is 1. The Labute approximate surface area is 148 Å². The zero-order valence-corrected chi connectivity index (χ0v) is 15.0. The minimum atomic E-state index is -1.34. The molecule has 2 aromatic rings. The number of ketones is 1. The van der Waals surface area contributed by atoms with Crippen LogP contribution >= 0.6 is 0 Å². The Morgan fingerprint density at radius 2 is 2.00 bits per heavy atom. The molecular weight excluding hydrogens is 338 g/mol. The molecule has 0 spiro atoms. The van der Waals surface area contributed by atoms with E-state index in [1.807, 2.05) is 16.7 Å². The molecule has 25 heavy (non-hydrogen) atoms. The van der Waals surface area contributed by atoms with Crippen LogP contribution < -0.4 is 0 Å². The van der Waals surface area contributed by atoms with Gasteiger partial charge in [0.05, 0.1) is 28.7 Å². The molecule has 130 valence electrons. The average Bonchev–Trinajstić information content (AvgIpc) is 3.19. The summed E-state index contributed by atoms with van der Waals surface area (Å²) < 4.78 is 18.8. The predicted molar refractivity (Wildman–Crippen MR) is 96.1 cm³/mol. The van der Waals surface area contributed by atoms with Gasteiger partial charge in [-0.05, 0) is 18.1 Å². The third kappa shape index (κ3) is 2.98. The first-order valence-electron chi connectivity index (χ1n) is 7.89. The molecule has 2 heterocycles. The second-order valence-corrected chi connectivity index (χ2v) is 7.26. The molecule has 0 bridgehead atoms. The molecule has 0 saturated carbocycles. The fraction of sp³-hybridized carbons (Fsp3) is 0.263. The third-order valence-electron chi connectivity index (χ3n) is 4.51. The molecule has 1 aromatic heterocycles. The zero-order valence-electron chi connectivity index (χ0n) is 14.2. The lowest BCUT2D eigenvalue weighted by molar-refractivity contribution is -0.142. The molecule has 0 fully saturated rings. The summed E-state index contributed by atoms with van der Waals surface area (Å²) in [5.74, 6) is -0.950. The van der Waals surface area contributed by atoms with E-state index in [2.05, 4.69) is 6.58 Å². The fourth-order valence-corrected chi connectivity index (χ4v) is 3.98. The number of rotatable bonds is 5. The van der Waals surface area contributed by atoms with Crippen LogP contribution in [0, 0.1) is 0 Å². The standard InChI is InChI=1S/C19H19NO4S/c1-4-12-5-7-13(8-6-12)18(21)17-16(25(3)23)11-15-14(19(22)24-2)9-10-20(15)17/h4-8,11,14H,1,9-10H2,2-3H3. The largest absolute Gasteiger partial charge is 0.469 e. The van der Waals surface area contributed by atoms with Crippen LogP contribution in [-0.4, -0.2) is 33.9 Å². The number of aromatic nitrogens is 1. The fourth-order valence-electron chi connectivity index (χ4n) is 3.22. The number of hydrogen-bond acceptors (Lipinski definition) is 4. The summed E-state index contributed by atoms with van der Waals surface area (Å²) in [5, 5.41) is 0. The van der Waals surface area contributed by atoms with E-state index < -0.39 is 16.7 Å². The van der Waals surface area contributed by atoms with E-state index in [0.717, 1.165) is 5.56 Å². The van der Waals surface area contributed by atoms with E-state index in [4.69, 9.17) is 4.74 Å². The van der Waals surface area contributed by atoms with Gasteiger partial charge in [-0.3, -0.25) is 13.8 Å². The topological polar surface area (TPSA) is 65.4 Å². The number of fused-ring (bicyclic) bond motifs is 1. The van der Waals surface area contributed by atoms with Crippen LogP contribution in [0.1, 0.15) is 39.6 Å². The Bertz CT molecular complexity index is 880. The molecule has 3 rings (SSSR count). The maximum Gasteiger partial charge on any atom is 0.314 e. The van der Waals surface area contributed by atoms with E-state index in [-0.39, 0.29) is 11.8 Å². The number of esters is 1. The van der Waals surface area contributed by atoms with Gasteiger partial charge in [0.2, 0.25) is 5.78 Å². The Hall–Kier alpha value is -2.47. The molecule has 5 nitrogen and oxygen atoms in total. The quantitative estimate of drug-likeness (QED) is 0.610. The molecule has 2 atom stereocenters. The number of nitrogens with zero attached hydrogens (tertiary/aromatic N) is 1. The highest BCUT2D eigenvalue weighted by Gasteiger charge is 2.35. The van der Waals surface area contributed by atoms with E-state index >= 15 is 0 Å². The average molecular weight is 357 g/mol. The first kappa shape index (κ1) is 17.4. The van der Waals surface area contributed by atoms with Crippen LogP contribution in [-0.2, 0) is 26.9 Å². The van der Waals surface area contributed by atoms with Crippen molar-refractivity contribution in [2.45, 2.75) is 23.8 Å². The lowest BCUT2D eigenvalue weighted by Gasteiger charge is -2.08. The van der Waals surface area contributed by atoms with Gasteiger partial charge in [-0.1, -0.05) is 36.9 Å². The molecule has 6 heteroatoms. The Kier molecular flexibility index (Phi) is 4.72. The molecule has 1 aliphatic heterocycles. The number of carbonyl (C=O) groups excluding carboxylic acids is 2. The lowest BCUT2D eigenvalue weighted by atomic mass is 10.0. The van der Waals surface area contributed by atoms with Crippen molar-refractivity contribution in [2.75, 3.05) is 13.4 Å². The Balaban J connectivity index is 2.09. The van der Waals surface area contributed by atoms with Crippen molar-refractivity contribution < 1.29 is 18.5 Å². The van der Waals surface area contributed by atoms with Crippen molar-refractivity contribution in [2.24, 2.45) is 0 Å². The number of hydrogen-bond donors (Lipinski definition) is 0. The van der Waals surface area contributed by atoms with Gasteiger partial charge in [0.15, 0.2) is 0 Å². The molecule has 0 aliphatic carbocycles. The van der Waals surface area contributed by atoms with Gasteiger partial charge in [-0.2, -0.15) is 0 Å². The highest BCUT2D eigenvalue weighted by Crippen LogP contribution is 2.35. The van der Waals surface area contributed by atoms with Crippen molar-refractivity contribution in [3.8, 4) is 0 Å². The monoisotopic (exact) mass is 357 g/mol. The van der Waals surface area contributed by atoms with E-state index in [0.29, 0.717) is 34.8 Å². The first-order valence-corrected chi connectivity index (χ1v) is 9.45. The van der Waals surface area contributed by atoms with Gasteiger partial charge in [-0.15, -0.1) is 0 Å². The zero-order chi connectivity index (χ0) is 18.1. The van der Waals surface area contributed by atoms with E-state index in [9.17, 15) is 13.8 Å². The Morgan fingerprint density at radius 1 is 1.32 bits per heavy atom. The summed E-state index contributed by atoms with van der Waals surface area (Å²) in [4.78, 5) is 25.5. The van der Waals surface area contributed by atoms with Gasteiger partial charge in [0, 0.05) is 24.1 Å². The van der Waals surface area contributed by atoms with Crippen molar-refractivity contribution in [3.63, 3.8) is 0 Å². The molecule has 1 aliphatic rings. The maximum absolute atomic E-state index is 13.0. The summed E-state index contributed by atoms with van der Waals surface area (Å²) in [6.45, 7) is 4.23. The van der Waals surface area contributed by atoms with Gasteiger partial charge < -0.3 is 9.30 Å². The summed E-state index contributed by atoms with van der Waals surface area (Å²) in [6, 6.07) is 8.79. The van der Waals surface area contributed by atoms with Crippen molar-refractivity contribution in [1.82, 2.24) is 4.57 Å². The van der Waals surface area contributed by atoms with Crippen LogP contribution in [0.5, 0.6) is 0 Å². The third-order valence-corrected chi connectivity index (χ3v) is 5.44. The number of benzene rings is 1. The van der Waals surface area contributed by atoms with E-state index in [1.54, 1.807) is 24.3 Å². The number of methoxy groups -OCH3 is 1. The summed E-state index contributed by atoms with van der Waals surface area (Å²) in [5.41, 5.74) is 2.53. The molecule has 0 amide bonds. The van der Waals surface area contributed by atoms with E-state index in [1.165, 1.54) is 13.4 Å². The van der Waals surface area contributed by atoms with Crippen molar-refractivity contribution >= 4 is 28.6 Å². The summed E-state index contributed by atoms with van der Waals surface area (Å²) in [6.07, 6.45) is 3.82. The molecule has 2 unspecified atom stereocenters. The first-order chi connectivity index (χ1) is 12.0. The maximum atomic E-state index is 13.0. The highest BCUT2D eigenvalue weighted by molar-refractivity contribution is 7.84. The Morgan fingerprint density at radius 3 is 2.56 bits per heavy atom. The summed E-state index contributed by atoms with van der Waals surface area (Å²) in [7, 11) is 0.00918. The van der Waals surface area contributed by atoms with Crippen LogP contribution in [0.25, 0.3) is 6.08 Å². The lowest BCUT2D eigenvalue weighted by Crippen LogP contribution is -2.12. The second-order valence-electron chi connectivity index (χ2n) is 5.91. The van der Waals surface area contributed by atoms with Gasteiger partial charge in [0.25, 0.3) is 0 Å². The predicted octanol–water partition coefficient (Wildman–Crippen LogP) is 2.76. The van der Waals surface area contributed by atoms with Gasteiger partial charge >= 0.3 is 5.97 Å². The van der Waals surface area contributed by atoms with Crippen LogP contribution in [0.2, 0.25) is 0 Å². The van der Waals surface area contributed by atoms with Crippen molar-refractivity contribution in [3.05, 3.63) is 59.4 Å². The highest BCUT2D eigenvalue weighted by atomic mass is 32.2. The number of carbonyl (C=O) groups is 2. The van der Waals surface area contributed by atoms with Crippen LogP contribution in [0.3, 0.4) is 0 Å². The SMILES string of the molecule is C=Cc1ccc(C(=O)c2c(S(C)=O)cc3n2CCC3C(=O)OC)cc1. The molecule has 0 radical (unpaired) electrons. The normalized spacial score (nSPS) is 17.0. The smallest absolute Gasteiger partial charge is 0.314 e. The van der Waals surface area contributed by atoms with Crippen LogP contribution in [0.4, 0.5) is 0 Å². The van der Waals surface area contributed by atoms with Crippen LogP contribution in [0.15, 0.2) is 41.8 Å². The van der Waals surface area contributed by atoms with Gasteiger partial charge in [-0.25, -0.2) is 0 Å². The second kappa shape index (κ2) is 6.80. The minimum absolute atomic E-state index is 0.197. The molecule has 0 N–H and O–H groups in total. The van der Waals surface area contributed by atoms with Gasteiger partial charge in [0.1, 0.15) is 5.69 Å². The minimum Gasteiger partial charge on any atom is -0.469 e. The summed E-state index contributed by atoms with van der Waals surface area (Å²) >= 11 is 0. The van der Waals surface area contributed by atoms with Crippen molar-refractivity contribution in [1.29, 1.82) is 0 Å². The molecule has 0 saturated heterocycles. The molecular formula is C19H19NO4S.